The van der Waals surface area contributed by atoms with Crippen LogP contribution in [0.2, 0.25) is 0 Å². The summed E-state index contributed by atoms with van der Waals surface area (Å²) in [6, 6.07) is 0. The standard InChI is InChI=1S/C13H24N2O2.ClH/c16-13(5-4-11-6-7-14-9-11)15-10-12-3-1-2-8-17-12;/h11-12,14H,1-10H2,(H,15,16);1H. The van der Waals surface area contributed by atoms with E-state index in [-0.39, 0.29) is 24.4 Å². The third-order valence-corrected chi connectivity index (χ3v) is 3.74. The minimum absolute atomic E-state index is 0. The fourth-order valence-corrected chi connectivity index (χ4v) is 2.58. The number of ether oxygens (including phenoxy) is 1. The van der Waals surface area contributed by atoms with Crippen molar-refractivity contribution in [3.63, 3.8) is 0 Å². The Hall–Kier alpha value is -0.320. The second-order valence-electron chi connectivity index (χ2n) is 5.19. The van der Waals surface area contributed by atoms with Gasteiger partial charge in [0.2, 0.25) is 5.91 Å². The van der Waals surface area contributed by atoms with Crippen LogP contribution in [-0.2, 0) is 9.53 Å². The maximum atomic E-state index is 11.7. The van der Waals surface area contributed by atoms with Gasteiger partial charge in [0.1, 0.15) is 0 Å². The summed E-state index contributed by atoms with van der Waals surface area (Å²) in [5.41, 5.74) is 0. The molecular weight excluding hydrogens is 252 g/mol. The van der Waals surface area contributed by atoms with Crippen LogP contribution in [0.15, 0.2) is 0 Å². The van der Waals surface area contributed by atoms with Crippen molar-refractivity contribution in [1.82, 2.24) is 10.6 Å². The van der Waals surface area contributed by atoms with E-state index in [0.29, 0.717) is 18.9 Å². The molecule has 4 nitrogen and oxygen atoms in total. The number of hydrogen-bond acceptors (Lipinski definition) is 3. The van der Waals surface area contributed by atoms with Gasteiger partial charge in [0.15, 0.2) is 0 Å². The Morgan fingerprint density at radius 3 is 2.89 bits per heavy atom. The first-order chi connectivity index (χ1) is 8.34. The van der Waals surface area contributed by atoms with Crippen molar-refractivity contribution in [2.45, 2.75) is 44.6 Å². The van der Waals surface area contributed by atoms with Crippen LogP contribution in [0.1, 0.15) is 38.5 Å². The second-order valence-corrected chi connectivity index (χ2v) is 5.19. The van der Waals surface area contributed by atoms with Crippen LogP contribution in [0.4, 0.5) is 0 Å². The molecule has 2 aliphatic rings. The van der Waals surface area contributed by atoms with E-state index in [1.807, 2.05) is 0 Å². The zero-order chi connectivity index (χ0) is 11.9. The first kappa shape index (κ1) is 15.7. The van der Waals surface area contributed by atoms with Gasteiger partial charge in [0.05, 0.1) is 6.10 Å². The molecule has 2 unspecified atom stereocenters. The molecule has 0 aromatic carbocycles. The Labute approximate surface area is 116 Å². The van der Waals surface area contributed by atoms with Gasteiger partial charge >= 0.3 is 0 Å². The third kappa shape index (κ3) is 5.55. The van der Waals surface area contributed by atoms with Crippen LogP contribution >= 0.6 is 12.4 Å². The van der Waals surface area contributed by atoms with Crippen molar-refractivity contribution >= 4 is 18.3 Å². The van der Waals surface area contributed by atoms with Crippen LogP contribution in [-0.4, -0.2) is 38.3 Å². The summed E-state index contributed by atoms with van der Waals surface area (Å²) in [5.74, 6) is 0.887. The van der Waals surface area contributed by atoms with E-state index in [1.165, 1.54) is 19.3 Å². The van der Waals surface area contributed by atoms with Crippen molar-refractivity contribution in [1.29, 1.82) is 0 Å². The predicted molar refractivity (Wildman–Crippen MR) is 74.1 cm³/mol. The molecule has 0 bridgehead atoms. The lowest BCUT2D eigenvalue weighted by atomic mass is 10.0. The molecule has 0 radical (unpaired) electrons. The van der Waals surface area contributed by atoms with Crippen molar-refractivity contribution in [3.8, 4) is 0 Å². The molecule has 2 rings (SSSR count). The topological polar surface area (TPSA) is 50.4 Å². The lowest BCUT2D eigenvalue weighted by Crippen LogP contribution is -2.35. The zero-order valence-corrected chi connectivity index (χ0v) is 11.8. The maximum absolute atomic E-state index is 11.7. The van der Waals surface area contributed by atoms with E-state index in [0.717, 1.165) is 32.5 Å². The van der Waals surface area contributed by atoms with Crippen LogP contribution in [0.5, 0.6) is 0 Å². The van der Waals surface area contributed by atoms with Crippen LogP contribution in [0, 0.1) is 5.92 Å². The molecule has 1 amide bonds. The number of carbonyl (C=O) groups is 1. The molecule has 2 aliphatic heterocycles. The summed E-state index contributed by atoms with van der Waals surface area (Å²) in [6.07, 6.45) is 6.64. The van der Waals surface area contributed by atoms with E-state index in [9.17, 15) is 4.79 Å². The van der Waals surface area contributed by atoms with E-state index >= 15 is 0 Å². The monoisotopic (exact) mass is 276 g/mol. The highest BCUT2D eigenvalue weighted by atomic mass is 35.5. The van der Waals surface area contributed by atoms with Gasteiger partial charge in [-0.1, -0.05) is 0 Å². The van der Waals surface area contributed by atoms with Crippen molar-refractivity contribution in [3.05, 3.63) is 0 Å². The summed E-state index contributed by atoms with van der Waals surface area (Å²) in [4.78, 5) is 11.7. The van der Waals surface area contributed by atoms with Crippen LogP contribution in [0.3, 0.4) is 0 Å². The largest absolute Gasteiger partial charge is 0.376 e. The van der Waals surface area contributed by atoms with E-state index < -0.39 is 0 Å². The summed E-state index contributed by atoms with van der Waals surface area (Å²) >= 11 is 0. The molecule has 2 heterocycles. The normalized spacial score (nSPS) is 27.6. The molecule has 0 aromatic heterocycles. The number of amides is 1. The first-order valence-corrected chi connectivity index (χ1v) is 6.93. The Morgan fingerprint density at radius 2 is 2.22 bits per heavy atom. The highest BCUT2D eigenvalue weighted by molar-refractivity contribution is 5.85. The van der Waals surface area contributed by atoms with Gasteiger partial charge < -0.3 is 15.4 Å². The van der Waals surface area contributed by atoms with Crippen molar-refractivity contribution < 1.29 is 9.53 Å². The minimum Gasteiger partial charge on any atom is -0.376 e. The molecule has 0 aliphatic carbocycles. The molecule has 2 saturated heterocycles. The Bertz CT molecular complexity index is 239. The first-order valence-electron chi connectivity index (χ1n) is 6.93. The number of nitrogens with one attached hydrogen (secondary N) is 2. The third-order valence-electron chi connectivity index (χ3n) is 3.74. The molecule has 5 heteroatoms. The fourth-order valence-electron chi connectivity index (χ4n) is 2.58. The van der Waals surface area contributed by atoms with Gasteiger partial charge in [-0.25, -0.2) is 0 Å². The van der Waals surface area contributed by atoms with E-state index in [2.05, 4.69) is 10.6 Å². The van der Waals surface area contributed by atoms with Gasteiger partial charge in [-0.3, -0.25) is 4.79 Å². The molecule has 2 N–H and O–H groups in total. The zero-order valence-electron chi connectivity index (χ0n) is 11.0. The van der Waals surface area contributed by atoms with Crippen LogP contribution < -0.4 is 10.6 Å². The predicted octanol–water partition coefficient (Wildman–Crippen LogP) is 1.48. The lowest BCUT2D eigenvalue weighted by Gasteiger charge is -2.22. The van der Waals surface area contributed by atoms with Gasteiger partial charge in [-0.2, -0.15) is 0 Å². The average Bonchev–Trinajstić information content (AvgIpc) is 2.88. The lowest BCUT2D eigenvalue weighted by molar-refractivity contribution is -0.122. The van der Waals surface area contributed by atoms with Gasteiger partial charge in [-0.15, -0.1) is 12.4 Å². The van der Waals surface area contributed by atoms with Crippen molar-refractivity contribution in [2.75, 3.05) is 26.2 Å². The SMILES string of the molecule is Cl.O=C(CCC1CCNC1)NCC1CCCCO1. The van der Waals surface area contributed by atoms with E-state index in [4.69, 9.17) is 4.74 Å². The van der Waals surface area contributed by atoms with Gasteiger partial charge in [0.25, 0.3) is 0 Å². The van der Waals surface area contributed by atoms with E-state index in [1.54, 1.807) is 0 Å². The van der Waals surface area contributed by atoms with Gasteiger partial charge in [0, 0.05) is 19.6 Å². The number of rotatable bonds is 5. The summed E-state index contributed by atoms with van der Waals surface area (Å²) in [5, 5.41) is 6.32. The highest BCUT2D eigenvalue weighted by Crippen LogP contribution is 2.14. The summed E-state index contributed by atoms with van der Waals surface area (Å²) < 4.78 is 5.58. The van der Waals surface area contributed by atoms with Crippen molar-refractivity contribution in [2.24, 2.45) is 5.92 Å². The minimum atomic E-state index is 0. The Kier molecular flexibility index (Phi) is 7.63. The Balaban J connectivity index is 0.00000162. The molecular formula is C13H25ClN2O2. The molecule has 0 spiro atoms. The highest BCUT2D eigenvalue weighted by Gasteiger charge is 2.17. The second kappa shape index (κ2) is 8.73. The number of halogens is 1. The quantitative estimate of drug-likeness (QED) is 0.800. The number of hydrogen-bond donors (Lipinski definition) is 2. The molecule has 0 aromatic rings. The molecule has 18 heavy (non-hydrogen) atoms. The summed E-state index contributed by atoms with van der Waals surface area (Å²) in [7, 11) is 0. The molecule has 106 valence electrons. The maximum Gasteiger partial charge on any atom is 0.220 e. The molecule has 2 fully saturated rings. The van der Waals surface area contributed by atoms with Gasteiger partial charge in [-0.05, 0) is 51.1 Å². The molecule has 2 atom stereocenters. The van der Waals surface area contributed by atoms with Crippen LogP contribution in [0.25, 0.3) is 0 Å². The fraction of sp³-hybridized carbons (Fsp3) is 0.923. The average molecular weight is 277 g/mol. The smallest absolute Gasteiger partial charge is 0.220 e. The Morgan fingerprint density at radius 1 is 1.33 bits per heavy atom. The molecule has 0 saturated carbocycles. The summed E-state index contributed by atoms with van der Waals surface area (Å²) in [6.45, 7) is 3.75. The number of carbonyl (C=O) groups excluding carboxylic acids is 1.